The number of amides is 3. The summed E-state index contributed by atoms with van der Waals surface area (Å²) in [6.45, 7) is 5.57. The van der Waals surface area contributed by atoms with Gasteiger partial charge < -0.3 is 10.0 Å². The van der Waals surface area contributed by atoms with Gasteiger partial charge in [0.05, 0.1) is 23.1 Å². The summed E-state index contributed by atoms with van der Waals surface area (Å²) in [6, 6.07) is 4.90. The van der Waals surface area contributed by atoms with Gasteiger partial charge in [0.25, 0.3) is 0 Å². The van der Waals surface area contributed by atoms with Gasteiger partial charge in [-0.1, -0.05) is 18.9 Å². The predicted octanol–water partition coefficient (Wildman–Crippen LogP) is 3.10. The molecule has 0 spiro atoms. The van der Waals surface area contributed by atoms with Crippen molar-refractivity contribution in [3.63, 3.8) is 0 Å². The minimum absolute atomic E-state index is 0.132. The summed E-state index contributed by atoms with van der Waals surface area (Å²) in [4.78, 5) is 41.6. The lowest BCUT2D eigenvalue weighted by molar-refractivity contribution is -0.143. The van der Waals surface area contributed by atoms with Crippen LogP contribution < -0.4 is 4.90 Å². The number of benzene rings is 1. The first-order valence-corrected chi connectivity index (χ1v) is 9.92. The maximum Gasteiger partial charge on any atom is 0.247 e. The molecule has 1 N–H and O–H groups in total. The molecule has 0 bridgehead atoms. The number of hydrogen-bond donors (Lipinski definition) is 1. The largest absolute Gasteiger partial charge is 0.508 e. The minimum Gasteiger partial charge on any atom is -0.508 e. The standard InChI is InChI=1S/C22H26N2O4/c1-13-11-22(2,3)24(18-9-8-14(25)10-17(13)18)19(26)12-23-20(27)15-6-4-5-7-16(15)21(23)28/h8-11,15-16,25H,4-7,12H2,1-3H3. The van der Waals surface area contributed by atoms with Crippen molar-refractivity contribution in [1.82, 2.24) is 4.90 Å². The van der Waals surface area contributed by atoms with Gasteiger partial charge in [-0.2, -0.15) is 0 Å². The molecule has 3 amide bonds. The molecule has 2 heterocycles. The highest BCUT2D eigenvalue weighted by Crippen LogP contribution is 2.41. The van der Waals surface area contributed by atoms with Crippen LogP contribution in [0.4, 0.5) is 5.69 Å². The number of nitrogens with zero attached hydrogens (tertiary/aromatic N) is 2. The maximum absolute atomic E-state index is 13.3. The number of allylic oxidation sites excluding steroid dienone is 1. The number of fused-ring (bicyclic) bond motifs is 2. The van der Waals surface area contributed by atoms with Crippen molar-refractivity contribution >= 4 is 29.0 Å². The van der Waals surface area contributed by atoms with Crippen molar-refractivity contribution in [3.8, 4) is 5.75 Å². The number of likely N-dealkylation sites (tertiary alicyclic amines) is 1. The molecular formula is C22H26N2O4. The number of carbonyl (C=O) groups is 3. The number of imide groups is 1. The third kappa shape index (κ3) is 2.82. The van der Waals surface area contributed by atoms with Crippen molar-refractivity contribution in [2.45, 2.75) is 52.0 Å². The van der Waals surface area contributed by atoms with Crippen LogP contribution in [0.25, 0.3) is 5.57 Å². The topological polar surface area (TPSA) is 77.9 Å². The van der Waals surface area contributed by atoms with E-state index in [0.717, 1.165) is 36.8 Å². The Hall–Kier alpha value is -2.63. The molecule has 2 fully saturated rings. The average molecular weight is 382 g/mol. The first-order chi connectivity index (χ1) is 13.2. The highest BCUT2D eigenvalue weighted by atomic mass is 16.3. The molecule has 28 heavy (non-hydrogen) atoms. The van der Waals surface area contributed by atoms with E-state index in [0.29, 0.717) is 5.69 Å². The Labute approximate surface area is 164 Å². The Morgan fingerprint density at radius 3 is 2.36 bits per heavy atom. The first kappa shape index (κ1) is 18.7. The van der Waals surface area contributed by atoms with Crippen LogP contribution >= 0.6 is 0 Å². The van der Waals surface area contributed by atoms with E-state index in [2.05, 4.69) is 0 Å². The van der Waals surface area contributed by atoms with E-state index in [1.807, 2.05) is 26.8 Å². The summed E-state index contributed by atoms with van der Waals surface area (Å²) >= 11 is 0. The number of anilines is 1. The summed E-state index contributed by atoms with van der Waals surface area (Å²) in [5, 5.41) is 9.85. The monoisotopic (exact) mass is 382 g/mol. The summed E-state index contributed by atoms with van der Waals surface area (Å²) in [5.74, 6) is -1.07. The number of rotatable bonds is 2. The van der Waals surface area contributed by atoms with Crippen molar-refractivity contribution in [2.24, 2.45) is 11.8 Å². The van der Waals surface area contributed by atoms with Crippen molar-refractivity contribution in [3.05, 3.63) is 29.8 Å². The molecule has 1 aliphatic carbocycles. The number of hydrogen-bond acceptors (Lipinski definition) is 4. The van der Waals surface area contributed by atoms with Gasteiger partial charge in [0, 0.05) is 5.56 Å². The second kappa shape index (κ2) is 6.47. The molecule has 1 aromatic rings. The summed E-state index contributed by atoms with van der Waals surface area (Å²) < 4.78 is 0. The van der Waals surface area contributed by atoms with Crippen LogP contribution in [0.1, 0.15) is 52.0 Å². The van der Waals surface area contributed by atoms with Crippen molar-refractivity contribution in [2.75, 3.05) is 11.4 Å². The van der Waals surface area contributed by atoms with Gasteiger partial charge in [-0.05, 0) is 57.4 Å². The zero-order chi connectivity index (χ0) is 20.2. The molecule has 4 rings (SSSR count). The van der Waals surface area contributed by atoms with Crippen LogP contribution in [0.15, 0.2) is 24.3 Å². The van der Waals surface area contributed by atoms with E-state index in [-0.39, 0.29) is 41.9 Å². The van der Waals surface area contributed by atoms with Gasteiger partial charge in [-0.15, -0.1) is 0 Å². The van der Waals surface area contributed by atoms with Crippen LogP contribution in [-0.4, -0.2) is 39.8 Å². The van der Waals surface area contributed by atoms with Crippen LogP contribution in [0.5, 0.6) is 5.75 Å². The number of aromatic hydroxyl groups is 1. The summed E-state index contributed by atoms with van der Waals surface area (Å²) in [7, 11) is 0. The smallest absolute Gasteiger partial charge is 0.247 e. The fourth-order valence-electron chi connectivity index (χ4n) is 5.07. The molecule has 2 atom stereocenters. The summed E-state index contributed by atoms with van der Waals surface area (Å²) in [6.07, 6.45) is 5.36. The van der Waals surface area contributed by atoms with E-state index in [1.54, 1.807) is 23.1 Å². The third-order valence-corrected chi connectivity index (χ3v) is 6.27. The van der Waals surface area contributed by atoms with E-state index >= 15 is 0 Å². The molecule has 1 saturated heterocycles. The average Bonchev–Trinajstić information content (AvgIpc) is 2.87. The zero-order valence-electron chi connectivity index (χ0n) is 16.6. The van der Waals surface area contributed by atoms with E-state index in [1.165, 1.54) is 4.90 Å². The summed E-state index contributed by atoms with van der Waals surface area (Å²) in [5.41, 5.74) is 1.83. The normalized spacial score (nSPS) is 26.0. The Morgan fingerprint density at radius 2 is 1.75 bits per heavy atom. The molecule has 0 aromatic heterocycles. The molecule has 0 radical (unpaired) electrons. The molecule has 1 saturated carbocycles. The van der Waals surface area contributed by atoms with Gasteiger partial charge in [0.15, 0.2) is 0 Å². The van der Waals surface area contributed by atoms with Crippen LogP contribution in [0.2, 0.25) is 0 Å². The Bertz CT molecular complexity index is 878. The molecule has 3 aliphatic rings. The second-order valence-electron chi connectivity index (χ2n) is 8.67. The number of phenolic OH excluding ortho intramolecular Hbond substituents is 1. The zero-order valence-corrected chi connectivity index (χ0v) is 16.6. The highest BCUT2D eigenvalue weighted by Gasteiger charge is 2.49. The van der Waals surface area contributed by atoms with Crippen molar-refractivity contribution < 1.29 is 19.5 Å². The molecular weight excluding hydrogens is 356 g/mol. The number of carbonyl (C=O) groups excluding carboxylic acids is 3. The highest BCUT2D eigenvalue weighted by molar-refractivity contribution is 6.10. The third-order valence-electron chi connectivity index (χ3n) is 6.27. The minimum atomic E-state index is -0.607. The molecule has 6 nitrogen and oxygen atoms in total. The van der Waals surface area contributed by atoms with Gasteiger partial charge in [0.2, 0.25) is 17.7 Å². The Kier molecular flexibility index (Phi) is 4.32. The van der Waals surface area contributed by atoms with Crippen LogP contribution in [-0.2, 0) is 14.4 Å². The molecule has 2 aliphatic heterocycles. The molecule has 2 unspecified atom stereocenters. The van der Waals surface area contributed by atoms with Crippen LogP contribution in [0.3, 0.4) is 0 Å². The van der Waals surface area contributed by atoms with Gasteiger partial charge in [-0.3, -0.25) is 19.3 Å². The Morgan fingerprint density at radius 1 is 1.14 bits per heavy atom. The lowest BCUT2D eigenvalue weighted by atomic mass is 9.81. The van der Waals surface area contributed by atoms with Gasteiger partial charge >= 0.3 is 0 Å². The van der Waals surface area contributed by atoms with Crippen LogP contribution in [0, 0.1) is 11.8 Å². The number of phenols is 1. The van der Waals surface area contributed by atoms with E-state index in [4.69, 9.17) is 0 Å². The van der Waals surface area contributed by atoms with E-state index in [9.17, 15) is 19.5 Å². The SMILES string of the molecule is CC1=CC(C)(C)N(C(=O)CN2C(=O)C3CCCCC3C2=O)c2ccc(O)cc21. The second-order valence-corrected chi connectivity index (χ2v) is 8.67. The maximum atomic E-state index is 13.3. The van der Waals surface area contributed by atoms with Crippen molar-refractivity contribution in [1.29, 1.82) is 0 Å². The molecule has 148 valence electrons. The lowest BCUT2D eigenvalue weighted by Crippen LogP contribution is -2.53. The predicted molar refractivity (Wildman–Crippen MR) is 105 cm³/mol. The lowest BCUT2D eigenvalue weighted by Gasteiger charge is -2.42. The quantitative estimate of drug-likeness (QED) is 0.798. The van der Waals surface area contributed by atoms with Gasteiger partial charge in [-0.25, -0.2) is 0 Å². The first-order valence-electron chi connectivity index (χ1n) is 9.92. The van der Waals surface area contributed by atoms with E-state index < -0.39 is 5.54 Å². The molecule has 6 heteroatoms. The molecule has 1 aromatic carbocycles. The fraction of sp³-hybridized carbons (Fsp3) is 0.500. The fourth-order valence-corrected chi connectivity index (χ4v) is 5.07. The van der Waals surface area contributed by atoms with Gasteiger partial charge in [0.1, 0.15) is 12.3 Å². The Balaban J connectivity index is 1.65.